The quantitative estimate of drug-likeness (QED) is 0.636. The average Bonchev–Trinajstić information content (AvgIpc) is 2.17. The van der Waals surface area contributed by atoms with Crippen LogP contribution in [0.2, 0.25) is 0 Å². The summed E-state index contributed by atoms with van der Waals surface area (Å²) >= 11 is 0. The van der Waals surface area contributed by atoms with Gasteiger partial charge in [0.05, 0.1) is 5.69 Å². The molecule has 0 spiro atoms. The van der Waals surface area contributed by atoms with Crippen LogP contribution in [0, 0.1) is 5.95 Å². The van der Waals surface area contributed by atoms with Gasteiger partial charge in [-0.2, -0.15) is 4.39 Å². The van der Waals surface area contributed by atoms with Crippen LogP contribution in [0.4, 0.5) is 14.9 Å². The molecule has 6 heteroatoms. The Kier molecular flexibility index (Phi) is 3.77. The summed E-state index contributed by atoms with van der Waals surface area (Å²) in [6, 6.07) is 2.29. The fourth-order valence-electron chi connectivity index (χ4n) is 1.06. The molecule has 0 radical (unpaired) electrons. The molecule has 1 aromatic heterocycles. The van der Waals surface area contributed by atoms with Crippen molar-refractivity contribution >= 4 is 18.1 Å². The molecular formula is C11H13FN2O3. The van der Waals surface area contributed by atoms with Crippen molar-refractivity contribution in [1.82, 2.24) is 4.98 Å². The Morgan fingerprint density at radius 3 is 2.65 bits per heavy atom. The zero-order chi connectivity index (χ0) is 13.1. The van der Waals surface area contributed by atoms with E-state index in [4.69, 9.17) is 4.74 Å². The molecule has 1 rings (SSSR count). The van der Waals surface area contributed by atoms with Crippen LogP contribution in [0.5, 0.6) is 0 Å². The van der Waals surface area contributed by atoms with Gasteiger partial charge in [0.15, 0.2) is 6.29 Å². The van der Waals surface area contributed by atoms with Gasteiger partial charge in [-0.1, -0.05) is 0 Å². The molecule has 17 heavy (non-hydrogen) atoms. The first-order chi connectivity index (χ1) is 7.81. The number of anilines is 1. The topological polar surface area (TPSA) is 68.3 Å². The summed E-state index contributed by atoms with van der Waals surface area (Å²) in [4.78, 5) is 25.4. The predicted molar refractivity (Wildman–Crippen MR) is 59.4 cm³/mol. The number of aromatic nitrogens is 1. The first kappa shape index (κ1) is 13.1. The van der Waals surface area contributed by atoms with E-state index < -0.39 is 17.6 Å². The van der Waals surface area contributed by atoms with E-state index in [9.17, 15) is 14.0 Å². The first-order valence-electron chi connectivity index (χ1n) is 4.93. The first-order valence-corrected chi connectivity index (χ1v) is 4.93. The van der Waals surface area contributed by atoms with Gasteiger partial charge in [0.1, 0.15) is 11.3 Å². The fraction of sp³-hybridized carbons (Fsp3) is 0.364. The van der Waals surface area contributed by atoms with Gasteiger partial charge in [0, 0.05) is 0 Å². The Hall–Kier alpha value is -1.98. The van der Waals surface area contributed by atoms with Gasteiger partial charge in [0.2, 0.25) is 5.95 Å². The van der Waals surface area contributed by atoms with Crippen LogP contribution < -0.4 is 5.32 Å². The summed E-state index contributed by atoms with van der Waals surface area (Å²) in [5.41, 5.74) is -0.731. The number of carbonyl (C=O) groups is 2. The molecule has 92 valence electrons. The lowest BCUT2D eigenvalue weighted by molar-refractivity contribution is 0.0636. The van der Waals surface area contributed by atoms with Crippen molar-refractivity contribution in [2.45, 2.75) is 26.4 Å². The molecule has 5 nitrogen and oxygen atoms in total. The molecule has 0 aliphatic rings. The Balaban J connectivity index is 2.81. The lowest BCUT2D eigenvalue weighted by Crippen LogP contribution is -2.27. The second-order valence-electron chi connectivity index (χ2n) is 4.31. The van der Waals surface area contributed by atoms with Crippen LogP contribution in [-0.2, 0) is 4.74 Å². The summed E-state index contributed by atoms with van der Waals surface area (Å²) < 4.78 is 17.7. The van der Waals surface area contributed by atoms with Crippen LogP contribution in [0.15, 0.2) is 12.1 Å². The van der Waals surface area contributed by atoms with Crippen molar-refractivity contribution < 1.29 is 18.7 Å². The van der Waals surface area contributed by atoms with Crippen molar-refractivity contribution in [2.24, 2.45) is 0 Å². The molecule has 0 atom stereocenters. The molecule has 0 aliphatic heterocycles. The standard InChI is InChI=1S/C11H13FN2O3/c1-11(2,3)17-10(16)14-7-4-5-9(12)13-8(7)6-15/h4-6H,1-3H3,(H,14,16). The largest absolute Gasteiger partial charge is 0.444 e. The van der Waals surface area contributed by atoms with E-state index in [1.807, 2.05) is 0 Å². The van der Waals surface area contributed by atoms with Crippen LogP contribution in [0.25, 0.3) is 0 Å². The Morgan fingerprint density at radius 1 is 1.47 bits per heavy atom. The zero-order valence-corrected chi connectivity index (χ0v) is 9.78. The summed E-state index contributed by atoms with van der Waals surface area (Å²) in [5.74, 6) is -0.790. The van der Waals surface area contributed by atoms with E-state index in [1.54, 1.807) is 20.8 Å². The highest BCUT2D eigenvalue weighted by Gasteiger charge is 2.17. The minimum absolute atomic E-state index is 0.107. The van der Waals surface area contributed by atoms with Gasteiger partial charge in [-0.15, -0.1) is 0 Å². The number of rotatable bonds is 2. The van der Waals surface area contributed by atoms with Crippen molar-refractivity contribution in [3.05, 3.63) is 23.8 Å². The summed E-state index contributed by atoms with van der Waals surface area (Å²) in [5, 5.41) is 2.32. The lowest BCUT2D eigenvalue weighted by atomic mass is 10.2. The highest BCUT2D eigenvalue weighted by atomic mass is 19.1. The summed E-state index contributed by atoms with van der Waals surface area (Å²) in [6.07, 6.45) is -0.371. The molecule has 0 aliphatic carbocycles. The molecule has 0 saturated heterocycles. The Morgan fingerprint density at radius 2 is 2.12 bits per heavy atom. The predicted octanol–water partition coefficient (Wildman–Crippen LogP) is 2.38. The second kappa shape index (κ2) is 4.90. The number of aldehydes is 1. The number of hydrogen-bond donors (Lipinski definition) is 1. The molecule has 1 heterocycles. The maximum atomic E-state index is 12.7. The highest BCUT2D eigenvalue weighted by molar-refractivity contribution is 5.91. The fourth-order valence-corrected chi connectivity index (χ4v) is 1.06. The Bertz CT molecular complexity index is 441. The van der Waals surface area contributed by atoms with Crippen molar-refractivity contribution in [2.75, 3.05) is 5.32 Å². The smallest absolute Gasteiger partial charge is 0.412 e. The zero-order valence-electron chi connectivity index (χ0n) is 9.78. The molecule has 0 saturated carbocycles. The normalized spacial score (nSPS) is 10.8. The van der Waals surface area contributed by atoms with E-state index >= 15 is 0 Å². The molecular weight excluding hydrogens is 227 g/mol. The average molecular weight is 240 g/mol. The number of carbonyl (C=O) groups excluding carboxylic acids is 2. The number of nitrogens with one attached hydrogen (secondary N) is 1. The van der Waals surface area contributed by atoms with Crippen molar-refractivity contribution in [1.29, 1.82) is 0 Å². The number of hydrogen-bond acceptors (Lipinski definition) is 4. The molecule has 1 N–H and O–H groups in total. The van der Waals surface area contributed by atoms with Gasteiger partial charge >= 0.3 is 6.09 Å². The van der Waals surface area contributed by atoms with E-state index in [1.165, 1.54) is 6.07 Å². The van der Waals surface area contributed by atoms with Crippen LogP contribution in [-0.4, -0.2) is 23.0 Å². The third-order valence-corrected chi connectivity index (χ3v) is 1.64. The van der Waals surface area contributed by atoms with E-state index in [0.717, 1.165) is 6.07 Å². The van der Waals surface area contributed by atoms with E-state index in [2.05, 4.69) is 10.3 Å². The molecule has 0 fully saturated rings. The minimum atomic E-state index is -0.790. The van der Waals surface area contributed by atoms with Gasteiger partial charge < -0.3 is 4.74 Å². The van der Waals surface area contributed by atoms with Gasteiger partial charge in [-0.25, -0.2) is 9.78 Å². The molecule has 0 unspecified atom stereocenters. The summed E-state index contributed by atoms with van der Waals surface area (Å²) in [7, 11) is 0. The molecule has 1 amide bonds. The van der Waals surface area contributed by atoms with Crippen LogP contribution >= 0.6 is 0 Å². The maximum absolute atomic E-state index is 12.7. The SMILES string of the molecule is CC(C)(C)OC(=O)Nc1ccc(F)nc1C=O. The minimum Gasteiger partial charge on any atom is -0.444 e. The number of amides is 1. The molecule has 0 bridgehead atoms. The number of pyridine rings is 1. The van der Waals surface area contributed by atoms with E-state index in [0.29, 0.717) is 6.29 Å². The second-order valence-corrected chi connectivity index (χ2v) is 4.31. The lowest BCUT2D eigenvalue weighted by Gasteiger charge is -2.19. The maximum Gasteiger partial charge on any atom is 0.412 e. The number of nitrogens with zero attached hydrogens (tertiary/aromatic N) is 1. The third kappa shape index (κ3) is 4.18. The number of ether oxygens (including phenoxy) is 1. The van der Waals surface area contributed by atoms with Crippen LogP contribution in [0.3, 0.4) is 0 Å². The highest BCUT2D eigenvalue weighted by Crippen LogP contribution is 2.14. The van der Waals surface area contributed by atoms with Crippen LogP contribution in [0.1, 0.15) is 31.3 Å². The van der Waals surface area contributed by atoms with Gasteiger partial charge in [-0.3, -0.25) is 10.1 Å². The van der Waals surface area contributed by atoms with Gasteiger partial charge in [0.25, 0.3) is 0 Å². The molecule has 1 aromatic rings. The third-order valence-electron chi connectivity index (χ3n) is 1.64. The monoisotopic (exact) mass is 240 g/mol. The van der Waals surface area contributed by atoms with Crippen molar-refractivity contribution in [3.8, 4) is 0 Å². The molecule has 0 aromatic carbocycles. The van der Waals surface area contributed by atoms with E-state index in [-0.39, 0.29) is 11.4 Å². The number of halogens is 1. The Labute approximate surface area is 98.0 Å². The van der Waals surface area contributed by atoms with Crippen molar-refractivity contribution in [3.63, 3.8) is 0 Å². The van der Waals surface area contributed by atoms with Gasteiger partial charge in [-0.05, 0) is 32.9 Å². The summed E-state index contributed by atoms with van der Waals surface area (Å²) in [6.45, 7) is 5.11.